The summed E-state index contributed by atoms with van der Waals surface area (Å²) >= 11 is 5.92. The van der Waals surface area contributed by atoms with Crippen LogP contribution in [0.2, 0.25) is 5.02 Å². The average molecular weight is 296 g/mol. The van der Waals surface area contributed by atoms with E-state index in [0.717, 1.165) is 12.8 Å². The maximum absolute atomic E-state index is 12.4. The predicted molar refractivity (Wildman–Crippen MR) is 81.2 cm³/mol. The molecule has 2 rings (SSSR count). The lowest BCUT2D eigenvalue weighted by molar-refractivity contribution is -0.139. The molecule has 0 saturated heterocycles. The van der Waals surface area contributed by atoms with Crippen LogP contribution < -0.4 is 4.74 Å². The predicted octanol–water partition coefficient (Wildman–Crippen LogP) is 3.90. The van der Waals surface area contributed by atoms with Gasteiger partial charge >= 0.3 is 0 Å². The summed E-state index contributed by atoms with van der Waals surface area (Å²) in [4.78, 5) is 14.3. The van der Waals surface area contributed by atoms with E-state index in [9.17, 15) is 4.79 Å². The molecule has 1 atom stereocenters. The number of hydrogen-bond donors (Lipinski definition) is 0. The second-order valence-electron chi connectivity index (χ2n) is 5.46. The fourth-order valence-corrected chi connectivity index (χ4v) is 2.91. The van der Waals surface area contributed by atoms with Crippen LogP contribution in [0, 0.1) is 0 Å². The standard InChI is InChI=1S/C16H22ClNO2/c1-12(20-15-10-6-7-13(17)11-15)16(19)18(2)14-8-4-3-5-9-14/h6-7,10-12,14H,3-5,8-9H2,1-2H3. The van der Waals surface area contributed by atoms with Gasteiger partial charge in [-0.2, -0.15) is 0 Å². The lowest BCUT2D eigenvalue weighted by Gasteiger charge is -2.32. The van der Waals surface area contributed by atoms with Crippen molar-refractivity contribution in [2.45, 2.75) is 51.2 Å². The third-order valence-electron chi connectivity index (χ3n) is 3.93. The van der Waals surface area contributed by atoms with Gasteiger partial charge in [-0.05, 0) is 38.0 Å². The van der Waals surface area contributed by atoms with Crippen LogP contribution in [-0.4, -0.2) is 30.0 Å². The number of nitrogens with zero attached hydrogens (tertiary/aromatic N) is 1. The maximum Gasteiger partial charge on any atom is 0.263 e. The molecular weight excluding hydrogens is 274 g/mol. The lowest BCUT2D eigenvalue weighted by atomic mass is 9.94. The second-order valence-corrected chi connectivity index (χ2v) is 5.89. The molecule has 1 amide bonds. The largest absolute Gasteiger partial charge is 0.481 e. The first-order valence-corrected chi connectivity index (χ1v) is 7.64. The summed E-state index contributed by atoms with van der Waals surface area (Å²) in [6.07, 6.45) is 5.43. The number of rotatable bonds is 4. The third kappa shape index (κ3) is 3.89. The zero-order valence-electron chi connectivity index (χ0n) is 12.1. The minimum atomic E-state index is -0.486. The number of hydrogen-bond acceptors (Lipinski definition) is 2. The van der Waals surface area contributed by atoms with Gasteiger partial charge in [-0.15, -0.1) is 0 Å². The van der Waals surface area contributed by atoms with Crippen LogP contribution in [0.1, 0.15) is 39.0 Å². The zero-order chi connectivity index (χ0) is 14.5. The summed E-state index contributed by atoms with van der Waals surface area (Å²) in [7, 11) is 1.89. The molecule has 1 aliphatic carbocycles. The highest BCUT2D eigenvalue weighted by Gasteiger charge is 2.26. The van der Waals surface area contributed by atoms with E-state index in [-0.39, 0.29) is 5.91 Å². The van der Waals surface area contributed by atoms with Gasteiger partial charge in [0.2, 0.25) is 0 Å². The van der Waals surface area contributed by atoms with Gasteiger partial charge in [0.25, 0.3) is 5.91 Å². The number of benzene rings is 1. The molecule has 0 radical (unpaired) electrons. The normalized spacial score (nSPS) is 17.6. The van der Waals surface area contributed by atoms with Crippen molar-refractivity contribution in [1.82, 2.24) is 4.90 Å². The first-order chi connectivity index (χ1) is 9.58. The van der Waals surface area contributed by atoms with Gasteiger partial charge in [-0.25, -0.2) is 0 Å². The minimum Gasteiger partial charge on any atom is -0.481 e. The van der Waals surface area contributed by atoms with Crippen molar-refractivity contribution in [3.8, 4) is 5.75 Å². The summed E-state index contributed by atoms with van der Waals surface area (Å²) in [6.45, 7) is 1.79. The van der Waals surface area contributed by atoms with Gasteiger partial charge in [0.15, 0.2) is 6.10 Å². The van der Waals surface area contributed by atoms with Crippen molar-refractivity contribution in [2.75, 3.05) is 7.05 Å². The molecule has 4 heteroatoms. The second kappa shape index (κ2) is 6.98. The van der Waals surface area contributed by atoms with Crippen molar-refractivity contribution in [3.63, 3.8) is 0 Å². The Bertz CT molecular complexity index is 458. The summed E-state index contributed by atoms with van der Waals surface area (Å²) in [5.41, 5.74) is 0. The molecule has 0 N–H and O–H groups in total. The Labute approximate surface area is 125 Å². The molecule has 1 aliphatic rings. The highest BCUT2D eigenvalue weighted by molar-refractivity contribution is 6.30. The first kappa shape index (κ1) is 15.2. The van der Waals surface area contributed by atoms with Crippen LogP contribution in [0.4, 0.5) is 0 Å². The molecule has 0 bridgehead atoms. The average Bonchev–Trinajstić information content (AvgIpc) is 2.46. The Morgan fingerprint density at radius 1 is 1.35 bits per heavy atom. The Hall–Kier alpha value is -1.22. The van der Waals surface area contributed by atoms with Crippen molar-refractivity contribution < 1.29 is 9.53 Å². The lowest BCUT2D eigenvalue weighted by Crippen LogP contribution is -2.44. The molecule has 20 heavy (non-hydrogen) atoms. The van der Waals surface area contributed by atoms with E-state index >= 15 is 0 Å². The van der Waals surface area contributed by atoms with Gasteiger partial charge < -0.3 is 9.64 Å². The Morgan fingerprint density at radius 2 is 2.05 bits per heavy atom. The Balaban J connectivity index is 1.93. The highest BCUT2D eigenvalue weighted by Crippen LogP contribution is 2.23. The van der Waals surface area contributed by atoms with Gasteiger partial charge in [0.05, 0.1) is 0 Å². The SMILES string of the molecule is CC(Oc1cccc(Cl)c1)C(=O)N(C)C1CCCCC1. The molecule has 110 valence electrons. The quantitative estimate of drug-likeness (QED) is 0.843. The van der Waals surface area contributed by atoms with Gasteiger partial charge in [0, 0.05) is 18.1 Å². The molecule has 1 unspecified atom stereocenters. The number of likely N-dealkylation sites (N-methyl/N-ethyl adjacent to an activating group) is 1. The van der Waals surface area contributed by atoms with Crippen LogP contribution in [0.15, 0.2) is 24.3 Å². The molecule has 1 aromatic rings. The topological polar surface area (TPSA) is 29.5 Å². The van der Waals surface area contributed by atoms with E-state index in [1.807, 2.05) is 24.1 Å². The van der Waals surface area contributed by atoms with Crippen LogP contribution in [0.5, 0.6) is 5.75 Å². The Kier molecular flexibility index (Phi) is 5.30. The van der Waals surface area contributed by atoms with Gasteiger partial charge in [0.1, 0.15) is 5.75 Å². The molecule has 0 aromatic heterocycles. The summed E-state index contributed by atoms with van der Waals surface area (Å²) in [5, 5.41) is 0.614. The van der Waals surface area contributed by atoms with Crippen LogP contribution >= 0.6 is 11.6 Å². The Morgan fingerprint density at radius 3 is 2.70 bits per heavy atom. The summed E-state index contributed by atoms with van der Waals surface area (Å²) in [5.74, 6) is 0.673. The van der Waals surface area contributed by atoms with E-state index in [1.165, 1.54) is 19.3 Å². The fraction of sp³-hybridized carbons (Fsp3) is 0.562. The molecule has 0 spiro atoms. The van der Waals surface area contributed by atoms with Crippen molar-refractivity contribution in [1.29, 1.82) is 0 Å². The number of amides is 1. The zero-order valence-corrected chi connectivity index (χ0v) is 12.9. The number of ether oxygens (including phenoxy) is 1. The molecule has 3 nitrogen and oxygen atoms in total. The van der Waals surface area contributed by atoms with Crippen molar-refractivity contribution in [3.05, 3.63) is 29.3 Å². The number of carbonyl (C=O) groups excluding carboxylic acids is 1. The summed E-state index contributed by atoms with van der Waals surface area (Å²) < 4.78 is 5.69. The molecule has 1 saturated carbocycles. The van der Waals surface area contributed by atoms with Gasteiger partial charge in [-0.1, -0.05) is 36.9 Å². The van der Waals surface area contributed by atoms with Crippen LogP contribution in [0.25, 0.3) is 0 Å². The smallest absolute Gasteiger partial charge is 0.263 e. The van der Waals surface area contributed by atoms with E-state index in [1.54, 1.807) is 19.1 Å². The molecule has 0 heterocycles. The van der Waals surface area contributed by atoms with Gasteiger partial charge in [-0.3, -0.25) is 4.79 Å². The van der Waals surface area contributed by atoms with E-state index in [0.29, 0.717) is 16.8 Å². The monoisotopic (exact) mass is 295 g/mol. The molecule has 0 aliphatic heterocycles. The third-order valence-corrected chi connectivity index (χ3v) is 4.16. The molecule has 1 aromatic carbocycles. The maximum atomic E-state index is 12.4. The van der Waals surface area contributed by atoms with Crippen LogP contribution in [-0.2, 0) is 4.79 Å². The van der Waals surface area contributed by atoms with E-state index in [2.05, 4.69) is 0 Å². The van der Waals surface area contributed by atoms with Crippen LogP contribution in [0.3, 0.4) is 0 Å². The highest BCUT2D eigenvalue weighted by atomic mass is 35.5. The first-order valence-electron chi connectivity index (χ1n) is 7.27. The number of carbonyl (C=O) groups is 1. The van der Waals surface area contributed by atoms with E-state index in [4.69, 9.17) is 16.3 Å². The fourth-order valence-electron chi connectivity index (χ4n) is 2.73. The molecular formula is C16H22ClNO2. The van der Waals surface area contributed by atoms with Crippen molar-refractivity contribution >= 4 is 17.5 Å². The van der Waals surface area contributed by atoms with Crippen molar-refractivity contribution in [2.24, 2.45) is 0 Å². The number of halogens is 1. The summed E-state index contributed by atoms with van der Waals surface area (Å²) in [6, 6.07) is 7.51. The minimum absolute atomic E-state index is 0.0388. The van der Waals surface area contributed by atoms with E-state index < -0.39 is 6.10 Å². The molecule has 1 fully saturated rings.